The predicted molar refractivity (Wildman–Crippen MR) is 115 cm³/mol. The molecule has 0 saturated carbocycles. The predicted octanol–water partition coefficient (Wildman–Crippen LogP) is 5.34. The molecule has 0 N–H and O–H groups in total. The normalized spacial score (nSPS) is 12.7. The Balaban J connectivity index is 1.51. The van der Waals surface area contributed by atoms with Crippen molar-refractivity contribution >= 4 is 17.7 Å². The van der Waals surface area contributed by atoms with Crippen molar-refractivity contribution in [2.75, 3.05) is 0 Å². The van der Waals surface area contributed by atoms with Crippen molar-refractivity contribution in [2.24, 2.45) is 7.05 Å². The van der Waals surface area contributed by atoms with E-state index in [-0.39, 0.29) is 11.4 Å². The highest BCUT2D eigenvalue weighted by molar-refractivity contribution is 5.74. The lowest BCUT2D eigenvalue weighted by atomic mass is 10.0. The lowest BCUT2D eigenvalue weighted by Gasteiger charge is -2.04. The molecule has 1 aromatic heterocycles. The third kappa shape index (κ3) is 3.65. The van der Waals surface area contributed by atoms with E-state index in [9.17, 15) is 5.26 Å². The zero-order valence-electron chi connectivity index (χ0n) is 16.0. The van der Waals surface area contributed by atoms with Gasteiger partial charge in [-0.15, -0.1) is 0 Å². The van der Waals surface area contributed by atoms with Gasteiger partial charge in [-0.3, -0.25) is 0 Å². The van der Waals surface area contributed by atoms with Gasteiger partial charge in [-0.05, 0) is 28.7 Å². The van der Waals surface area contributed by atoms with E-state index in [0.717, 1.165) is 23.1 Å². The molecule has 0 radical (unpaired) electrons. The van der Waals surface area contributed by atoms with Crippen LogP contribution < -0.4 is 0 Å². The van der Waals surface area contributed by atoms with Gasteiger partial charge in [-0.2, -0.15) is 10.5 Å². The molecule has 1 heterocycles. The van der Waals surface area contributed by atoms with E-state index in [4.69, 9.17) is 5.26 Å². The molecule has 29 heavy (non-hydrogen) atoms. The summed E-state index contributed by atoms with van der Waals surface area (Å²) < 4.78 is 1.65. The van der Waals surface area contributed by atoms with Crippen LogP contribution in [0.3, 0.4) is 0 Å². The van der Waals surface area contributed by atoms with Crippen LogP contribution in [0.5, 0.6) is 0 Å². The molecule has 0 fully saturated rings. The smallest absolute Gasteiger partial charge is 0.177 e. The molecule has 0 spiro atoms. The zero-order valence-corrected chi connectivity index (χ0v) is 16.0. The van der Waals surface area contributed by atoms with Gasteiger partial charge in [0, 0.05) is 12.6 Å². The number of aromatic nitrogens is 2. The summed E-state index contributed by atoms with van der Waals surface area (Å²) in [5, 5.41) is 18.4. The van der Waals surface area contributed by atoms with E-state index in [1.807, 2.05) is 36.4 Å². The Hall–Kier alpha value is -4.15. The summed E-state index contributed by atoms with van der Waals surface area (Å²) in [7, 11) is 1.75. The summed E-state index contributed by atoms with van der Waals surface area (Å²) in [5.41, 5.74) is 6.12. The highest BCUT2D eigenvalue weighted by Crippen LogP contribution is 2.24. The van der Waals surface area contributed by atoms with E-state index < -0.39 is 0 Å². The van der Waals surface area contributed by atoms with Gasteiger partial charge in [0.25, 0.3) is 0 Å². The molecule has 3 aromatic rings. The van der Waals surface area contributed by atoms with E-state index in [2.05, 4.69) is 59.6 Å². The lowest BCUT2D eigenvalue weighted by molar-refractivity contribution is 0.907. The third-order valence-electron chi connectivity index (χ3n) is 5.00. The number of benzene rings is 2. The third-order valence-corrected chi connectivity index (χ3v) is 5.00. The fourth-order valence-corrected chi connectivity index (χ4v) is 3.37. The minimum atomic E-state index is 0.154. The van der Waals surface area contributed by atoms with Gasteiger partial charge < -0.3 is 4.57 Å². The monoisotopic (exact) mass is 374 g/mol. The summed E-state index contributed by atoms with van der Waals surface area (Å²) >= 11 is 0. The maximum Gasteiger partial charge on any atom is 0.177 e. The van der Waals surface area contributed by atoms with E-state index in [0.29, 0.717) is 5.82 Å². The highest BCUT2D eigenvalue weighted by Gasteiger charge is 2.15. The van der Waals surface area contributed by atoms with Crippen LogP contribution in [0.2, 0.25) is 0 Å². The van der Waals surface area contributed by atoms with Crippen molar-refractivity contribution < 1.29 is 0 Å². The quantitative estimate of drug-likeness (QED) is 0.579. The van der Waals surface area contributed by atoms with Crippen molar-refractivity contribution in [3.8, 4) is 23.5 Å². The highest BCUT2D eigenvalue weighted by atomic mass is 15.1. The summed E-state index contributed by atoms with van der Waals surface area (Å²) in [6.07, 6.45) is 11.6. The molecule has 0 bridgehead atoms. The lowest BCUT2D eigenvalue weighted by Crippen LogP contribution is -1.95. The first-order valence-electron chi connectivity index (χ1n) is 9.31. The molecule has 0 atom stereocenters. The van der Waals surface area contributed by atoms with Crippen LogP contribution in [0.25, 0.3) is 29.1 Å². The van der Waals surface area contributed by atoms with E-state index in [1.165, 1.54) is 11.1 Å². The second-order valence-corrected chi connectivity index (χ2v) is 6.82. The number of rotatable bonds is 4. The molecular weight excluding hydrogens is 356 g/mol. The summed E-state index contributed by atoms with van der Waals surface area (Å²) in [6, 6.07) is 20.5. The number of allylic oxidation sites excluding steroid dienone is 4. The fourth-order valence-electron chi connectivity index (χ4n) is 3.37. The van der Waals surface area contributed by atoms with Gasteiger partial charge >= 0.3 is 0 Å². The molecule has 4 nitrogen and oxygen atoms in total. The average Bonchev–Trinajstić information content (AvgIpc) is 3.41. The summed E-state index contributed by atoms with van der Waals surface area (Å²) in [6.45, 7) is 0. The Bertz CT molecular complexity index is 1220. The van der Waals surface area contributed by atoms with Gasteiger partial charge in [0.1, 0.15) is 18.0 Å². The molecule has 4 heteroatoms. The number of imidazole rings is 1. The van der Waals surface area contributed by atoms with Gasteiger partial charge in [0.2, 0.25) is 0 Å². The van der Waals surface area contributed by atoms with Gasteiger partial charge in [-0.25, -0.2) is 4.98 Å². The Kier molecular flexibility index (Phi) is 4.93. The standard InChI is InChI=1S/C25H18N4/c1-29-24(17-27)23(16-26)28-25(29)22-14-10-19(11-15-22)7-6-18-8-12-21(13-9-18)20-4-2-3-5-20/h2-4,6-15H,5H2,1H3/b7-6+. The maximum atomic E-state index is 9.21. The molecule has 0 aliphatic heterocycles. The molecule has 2 aromatic carbocycles. The summed E-state index contributed by atoms with van der Waals surface area (Å²) in [4.78, 5) is 4.29. The number of nitrogens with zero attached hydrogens (tertiary/aromatic N) is 4. The van der Waals surface area contributed by atoms with Crippen LogP contribution in [-0.4, -0.2) is 9.55 Å². The van der Waals surface area contributed by atoms with E-state index >= 15 is 0 Å². The number of hydrogen-bond donors (Lipinski definition) is 0. The van der Waals surface area contributed by atoms with Crippen molar-refractivity contribution in [1.82, 2.24) is 9.55 Å². The maximum absolute atomic E-state index is 9.21. The van der Waals surface area contributed by atoms with Crippen LogP contribution in [0.15, 0.2) is 66.8 Å². The SMILES string of the molecule is Cn1c(-c2ccc(/C=C/c3ccc(C4=CC=CC4)cc3)cc2)nc(C#N)c1C#N. The van der Waals surface area contributed by atoms with E-state index in [1.54, 1.807) is 11.6 Å². The van der Waals surface area contributed by atoms with Crippen molar-refractivity contribution in [2.45, 2.75) is 6.42 Å². The fraction of sp³-hybridized carbons (Fsp3) is 0.0800. The Labute approximate surface area is 170 Å². The number of nitriles is 2. The van der Waals surface area contributed by atoms with Gasteiger partial charge in [0.15, 0.2) is 11.4 Å². The first kappa shape index (κ1) is 18.2. The zero-order chi connectivity index (χ0) is 20.2. The number of hydrogen-bond acceptors (Lipinski definition) is 3. The molecule has 0 saturated heterocycles. The molecular formula is C25H18N4. The first-order valence-corrected chi connectivity index (χ1v) is 9.31. The average molecular weight is 374 g/mol. The first-order chi connectivity index (χ1) is 14.2. The van der Waals surface area contributed by atoms with Gasteiger partial charge in [0.05, 0.1) is 0 Å². The van der Waals surface area contributed by atoms with Crippen LogP contribution in [0, 0.1) is 22.7 Å². The second kappa shape index (κ2) is 7.84. The minimum absolute atomic E-state index is 0.154. The molecule has 0 amide bonds. The molecule has 4 rings (SSSR count). The molecule has 1 aliphatic rings. The summed E-state index contributed by atoms with van der Waals surface area (Å²) in [5.74, 6) is 0.611. The van der Waals surface area contributed by atoms with Crippen molar-refractivity contribution in [3.63, 3.8) is 0 Å². The topological polar surface area (TPSA) is 65.4 Å². The second-order valence-electron chi connectivity index (χ2n) is 6.82. The van der Waals surface area contributed by atoms with Crippen molar-refractivity contribution in [1.29, 1.82) is 10.5 Å². The van der Waals surface area contributed by atoms with Crippen LogP contribution in [0.1, 0.15) is 34.5 Å². The van der Waals surface area contributed by atoms with Crippen molar-refractivity contribution in [3.05, 3.63) is 94.8 Å². The Morgan fingerprint density at radius 3 is 2.00 bits per heavy atom. The molecule has 0 unspecified atom stereocenters. The van der Waals surface area contributed by atoms with Crippen LogP contribution >= 0.6 is 0 Å². The largest absolute Gasteiger partial charge is 0.318 e. The minimum Gasteiger partial charge on any atom is -0.318 e. The Morgan fingerprint density at radius 2 is 1.52 bits per heavy atom. The molecule has 138 valence electrons. The van der Waals surface area contributed by atoms with Gasteiger partial charge in [-0.1, -0.05) is 78.9 Å². The van der Waals surface area contributed by atoms with Crippen LogP contribution in [-0.2, 0) is 7.05 Å². The van der Waals surface area contributed by atoms with Crippen LogP contribution in [0.4, 0.5) is 0 Å². The molecule has 1 aliphatic carbocycles. The Morgan fingerprint density at radius 1 is 0.897 bits per heavy atom.